The Morgan fingerprint density at radius 3 is 3.00 bits per heavy atom. The summed E-state index contributed by atoms with van der Waals surface area (Å²) in [5.74, 6) is 0. The van der Waals surface area contributed by atoms with E-state index in [1.165, 1.54) is 18.2 Å². The first-order valence-electron chi connectivity index (χ1n) is 5.23. The number of rotatable bonds is 3. The third-order valence-corrected chi connectivity index (χ3v) is 2.61. The van der Waals surface area contributed by atoms with Crippen molar-refractivity contribution < 1.29 is 9.66 Å². The van der Waals surface area contributed by atoms with Crippen molar-refractivity contribution >= 4 is 11.4 Å². The molecule has 1 aliphatic heterocycles. The summed E-state index contributed by atoms with van der Waals surface area (Å²) in [7, 11) is 0. The predicted octanol–water partition coefficient (Wildman–Crippen LogP) is 1.67. The summed E-state index contributed by atoms with van der Waals surface area (Å²) in [4.78, 5) is 10.4. The molecule has 1 aromatic carbocycles. The van der Waals surface area contributed by atoms with Gasteiger partial charge in [-0.2, -0.15) is 5.26 Å². The van der Waals surface area contributed by atoms with Gasteiger partial charge in [-0.05, 0) is 18.6 Å². The molecule has 0 spiro atoms. The molecule has 1 N–H and O–H groups in total. The SMILES string of the molecule is N#Cc1ccc([N+](=O)[O-])c(NC2CCOC2)c1. The molecule has 0 radical (unpaired) electrons. The number of nitro benzene ring substituents is 1. The van der Waals surface area contributed by atoms with E-state index in [1.54, 1.807) is 0 Å². The van der Waals surface area contributed by atoms with Gasteiger partial charge in [0, 0.05) is 12.7 Å². The lowest BCUT2D eigenvalue weighted by molar-refractivity contribution is -0.384. The van der Waals surface area contributed by atoms with Gasteiger partial charge in [0.25, 0.3) is 5.69 Å². The molecule has 1 atom stereocenters. The maximum atomic E-state index is 10.8. The van der Waals surface area contributed by atoms with Gasteiger partial charge in [-0.3, -0.25) is 10.1 Å². The fourth-order valence-corrected chi connectivity index (χ4v) is 1.75. The minimum Gasteiger partial charge on any atom is -0.379 e. The Hall–Kier alpha value is -2.13. The van der Waals surface area contributed by atoms with E-state index in [0.29, 0.717) is 24.5 Å². The Labute approximate surface area is 98.0 Å². The van der Waals surface area contributed by atoms with Crippen LogP contribution in [0.4, 0.5) is 11.4 Å². The van der Waals surface area contributed by atoms with Gasteiger partial charge in [-0.15, -0.1) is 0 Å². The molecule has 88 valence electrons. The highest BCUT2D eigenvalue weighted by Crippen LogP contribution is 2.27. The predicted molar refractivity (Wildman–Crippen MR) is 60.7 cm³/mol. The molecule has 6 heteroatoms. The Morgan fingerprint density at radius 2 is 2.41 bits per heavy atom. The van der Waals surface area contributed by atoms with E-state index in [2.05, 4.69) is 5.32 Å². The van der Waals surface area contributed by atoms with Crippen LogP contribution in [0.1, 0.15) is 12.0 Å². The first-order chi connectivity index (χ1) is 8.20. The molecule has 1 heterocycles. The second-order valence-electron chi connectivity index (χ2n) is 3.81. The summed E-state index contributed by atoms with van der Waals surface area (Å²) in [5, 5.41) is 22.7. The van der Waals surface area contributed by atoms with Crippen molar-refractivity contribution in [1.82, 2.24) is 0 Å². The average molecular weight is 233 g/mol. The van der Waals surface area contributed by atoms with Gasteiger partial charge in [-0.1, -0.05) is 0 Å². The molecule has 0 bridgehead atoms. The molecule has 6 nitrogen and oxygen atoms in total. The average Bonchev–Trinajstić information content (AvgIpc) is 2.81. The van der Waals surface area contributed by atoms with Crippen LogP contribution < -0.4 is 5.32 Å². The number of nitrogens with one attached hydrogen (secondary N) is 1. The van der Waals surface area contributed by atoms with Gasteiger partial charge in [-0.25, -0.2) is 0 Å². The molecule has 2 rings (SSSR count). The van der Waals surface area contributed by atoms with Crippen molar-refractivity contribution in [2.24, 2.45) is 0 Å². The molecule has 17 heavy (non-hydrogen) atoms. The molecule has 1 aromatic rings. The lowest BCUT2D eigenvalue weighted by Crippen LogP contribution is -2.19. The minimum absolute atomic E-state index is 0.0177. The van der Waals surface area contributed by atoms with Crippen molar-refractivity contribution in [2.75, 3.05) is 18.5 Å². The van der Waals surface area contributed by atoms with Crippen LogP contribution in [0.25, 0.3) is 0 Å². The fourth-order valence-electron chi connectivity index (χ4n) is 1.75. The Bertz CT molecular complexity index is 475. The van der Waals surface area contributed by atoms with E-state index in [-0.39, 0.29) is 11.7 Å². The highest BCUT2D eigenvalue weighted by Gasteiger charge is 2.20. The summed E-state index contributed by atoms with van der Waals surface area (Å²) in [5.41, 5.74) is 0.762. The topological polar surface area (TPSA) is 88.2 Å². The summed E-state index contributed by atoms with van der Waals surface area (Å²) in [6.07, 6.45) is 0.813. The van der Waals surface area contributed by atoms with E-state index in [4.69, 9.17) is 10.00 Å². The summed E-state index contributed by atoms with van der Waals surface area (Å²) in [6, 6.07) is 6.32. The number of nitrogens with zero attached hydrogens (tertiary/aromatic N) is 2. The van der Waals surface area contributed by atoms with E-state index < -0.39 is 4.92 Å². The lowest BCUT2D eigenvalue weighted by Gasteiger charge is -2.12. The Kier molecular flexibility index (Phi) is 3.21. The van der Waals surface area contributed by atoms with Crippen LogP contribution in [-0.4, -0.2) is 24.2 Å². The number of ether oxygens (including phenoxy) is 1. The zero-order chi connectivity index (χ0) is 12.3. The zero-order valence-electron chi connectivity index (χ0n) is 9.05. The summed E-state index contributed by atoms with van der Waals surface area (Å²) < 4.78 is 5.19. The van der Waals surface area contributed by atoms with Gasteiger partial charge in [0.2, 0.25) is 0 Å². The quantitative estimate of drug-likeness (QED) is 0.633. The minimum atomic E-state index is -0.459. The molecule has 0 aliphatic carbocycles. The van der Waals surface area contributed by atoms with Crippen LogP contribution in [0.3, 0.4) is 0 Å². The maximum Gasteiger partial charge on any atom is 0.292 e. The van der Waals surface area contributed by atoms with Gasteiger partial charge >= 0.3 is 0 Å². The molecular weight excluding hydrogens is 222 g/mol. The van der Waals surface area contributed by atoms with Gasteiger partial charge < -0.3 is 10.1 Å². The van der Waals surface area contributed by atoms with Crippen molar-refractivity contribution in [3.8, 4) is 6.07 Å². The molecule has 1 saturated heterocycles. The molecule has 1 fully saturated rings. The van der Waals surface area contributed by atoms with Crippen LogP contribution in [0.15, 0.2) is 18.2 Å². The maximum absolute atomic E-state index is 10.8. The number of nitro groups is 1. The van der Waals surface area contributed by atoms with Crippen molar-refractivity contribution in [3.05, 3.63) is 33.9 Å². The second-order valence-corrected chi connectivity index (χ2v) is 3.81. The summed E-state index contributed by atoms with van der Waals surface area (Å²) in [6.45, 7) is 1.19. The second kappa shape index (κ2) is 4.80. The Morgan fingerprint density at radius 1 is 1.59 bits per heavy atom. The fraction of sp³-hybridized carbons (Fsp3) is 0.364. The van der Waals surface area contributed by atoms with Crippen molar-refractivity contribution in [2.45, 2.75) is 12.5 Å². The standard InChI is InChI=1S/C11H11N3O3/c12-6-8-1-2-11(14(15)16)10(5-8)13-9-3-4-17-7-9/h1-2,5,9,13H,3-4,7H2. The number of hydrogen-bond donors (Lipinski definition) is 1. The first-order valence-corrected chi connectivity index (χ1v) is 5.23. The molecule has 0 saturated carbocycles. The van der Waals surface area contributed by atoms with Crippen LogP contribution in [0.5, 0.6) is 0 Å². The van der Waals surface area contributed by atoms with Crippen molar-refractivity contribution in [3.63, 3.8) is 0 Å². The molecule has 1 unspecified atom stereocenters. The largest absolute Gasteiger partial charge is 0.379 e. The first kappa shape index (κ1) is 11.4. The zero-order valence-corrected chi connectivity index (χ0v) is 9.05. The van der Waals surface area contributed by atoms with Gasteiger partial charge in [0.1, 0.15) is 5.69 Å². The van der Waals surface area contributed by atoms with E-state index in [1.807, 2.05) is 6.07 Å². The number of nitriles is 1. The van der Waals surface area contributed by atoms with E-state index in [0.717, 1.165) is 6.42 Å². The lowest BCUT2D eigenvalue weighted by atomic mass is 10.1. The Balaban J connectivity index is 2.28. The normalized spacial score (nSPS) is 18.6. The molecule has 0 aromatic heterocycles. The number of hydrogen-bond acceptors (Lipinski definition) is 5. The highest BCUT2D eigenvalue weighted by atomic mass is 16.6. The van der Waals surface area contributed by atoms with Crippen LogP contribution in [0, 0.1) is 21.4 Å². The third kappa shape index (κ3) is 2.52. The monoisotopic (exact) mass is 233 g/mol. The summed E-state index contributed by atoms with van der Waals surface area (Å²) >= 11 is 0. The molecule has 1 aliphatic rings. The van der Waals surface area contributed by atoms with Gasteiger partial charge in [0.05, 0.1) is 29.2 Å². The number of benzene rings is 1. The number of anilines is 1. The highest BCUT2D eigenvalue weighted by molar-refractivity contribution is 5.64. The van der Waals surface area contributed by atoms with E-state index in [9.17, 15) is 10.1 Å². The smallest absolute Gasteiger partial charge is 0.292 e. The van der Waals surface area contributed by atoms with Gasteiger partial charge in [0.15, 0.2) is 0 Å². The van der Waals surface area contributed by atoms with Crippen LogP contribution in [-0.2, 0) is 4.74 Å². The van der Waals surface area contributed by atoms with Crippen molar-refractivity contribution in [1.29, 1.82) is 5.26 Å². The van der Waals surface area contributed by atoms with Crippen LogP contribution >= 0.6 is 0 Å². The molecule has 0 amide bonds. The third-order valence-electron chi connectivity index (χ3n) is 2.61. The van der Waals surface area contributed by atoms with E-state index >= 15 is 0 Å². The van der Waals surface area contributed by atoms with Crippen LogP contribution in [0.2, 0.25) is 0 Å². The molecular formula is C11H11N3O3.